The molecule has 0 unspecified atom stereocenters. The van der Waals surface area contributed by atoms with Gasteiger partial charge in [-0.15, -0.1) is 0 Å². The van der Waals surface area contributed by atoms with Crippen LogP contribution in [0.15, 0.2) is 0 Å². The van der Waals surface area contributed by atoms with Crippen LogP contribution in [0.25, 0.3) is 0 Å². The lowest BCUT2D eigenvalue weighted by Crippen LogP contribution is -2.36. The van der Waals surface area contributed by atoms with Gasteiger partial charge in [-0.3, -0.25) is 5.32 Å². The molecule has 0 spiro atoms. The molecule has 100 valence electrons. The lowest BCUT2D eigenvalue weighted by Gasteiger charge is -2.26. The van der Waals surface area contributed by atoms with Gasteiger partial charge in [0.25, 0.3) is 0 Å². The average Bonchev–Trinajstić information content (AvgIpc) is 2.18. The molecular weight excluding hydrogens is 220 g/mol. The zero-order valence-electron chi connectivity index (χ0n) is 11.0. The number of hydrogen-bond donors (Lipinski definition) is 2. The molecular formula is C12H24N2O3. The van der Waals surface area contributed by atoms with Crippen LogP contribution in [0.2, 0.25) is 0 Å². The SMILES string of the molecule is CC(C)(C)OC(=O)NCO[C@H]1CC[C@H](N)CC1. The van der Waals surface area contributed by atoms with Crippen LogP contribution in [-0.2, 0) is 9.47 Å². The quantitative estimate of drug-likeness (QED) is 0.742. The van der Waals surface area contributed by atoms with Crippen molar-refractivity contribution in [3.05, 3.63) is 0 Å². The van der Waals surface area contributed by atoms with E-state index < -0.39 is 11.7 Å². The maximum absolute atomic E-state index is 11.3. The van der Waals surface area contributed by atoms with Crippen LogP contribution < -0.4 is 11.1 Å². The van der Waals surface area contributed by atoms with E-state index in [1.54, 1.807) is 0 Å². The van der Waals surface area contributed by atoms with E-state index in [1.807, 2.05) is 20.8 Å². The van der Waals surface area contributed by atoms with Gasteiger partial charge in [-0.05, 0) is 46.5 Å². The van der Waals surface area contributed by atoms with Crippen LogP contribution in [0.5, 0.6) is 0 Å². The first kappa shape index (κ1) is 14.3. The summed E-state index contributed by atoms with van der Waals surface area (Å²) in [6, 6.07) is 0.314. The van der Waals surface area contributed by atoms with E-state index in [-0.39, 0.29) is 12.8 Å². The fourth-order valence-electron chi connectivity index (χ4n) is 1.79. The standard InChI is InChI=1S/C12H24N2O3/c1-12(2,3)17-11(15)14-8-16-10-6-4-9(13)5-7-10/h9-10H,4-8,13H2,1-3H3,(H,14,15)/t9-,10-. The van der Waals surface area contributed by atoms with E-state index in [0.717, 1.165) is 25.7 Å². The summed E-state index contributed by atoms with van der Waals surface area (Å²) in [5.74, 6) is 0. The molecule has 1 rings (SSSR count). The molecule has 0 aromatic carbocycles. The van der Waals surface area contributed by atoms with Crippen molar-refractivity contribution in [3.63, 3.8) is 0 Å². The molecule has 0 atom stereocenters. The predicted molar refractivity (Wildman–Crippen MR) is 65.6 cm³/mol. The van der Waals surface area contributed by atoms with E-state index in [4.69, 9.17) is 15.2 Å². The van der Waals surface area contributed by atoms with Gasteiger partial charge in [-0.1, -0.05) is 0 Å². The fourth-order valence-corrected chi connectivity index (χ4v) is 1.79. The third kappa shape index (κ3) is 6.48. The number of carbonyl (C=O) groups is 1. The largest absolute Gasteiger partial charge is 0.444 e. The minimum Gasteiger partial charge on any atom is -0.444 e. The van der Waals surface area contributed by atoms with Gasteiger partial charge in [0.05, 0.1) is 6.10 Å². The second kappa shape index (κ2) is 6.21. The van der Waals surface area contributed by atoms with Gasteiger partial charge < -0.3 is 15.2 Å². The highest BCUT2D eigenvalue weighted by Crippen LogP contribution is 2.19. The molecule has 17 heavy (non-hydrogen) atoms. The second-order valence-electron chi connectivity index (χ2n) is 5.53. The molecule has 0 radical (unpaired) electrons. The number of nitrogens with one attached hydrogen (secondary N) is 1. The van der Waals surface area contributed by atoms with Gasteiger partial charge in [-0.25, -0.2) is 4.79 Å². The molecule has 0 aromatic heterocycles. The molecule has 0 aromatic rings. The number of rotatable bonds is 3. The first-order chi connectivity index (χ1) is 7.87. The van der Waals surface area contributed by atoms with Gasteiger partial charge in [-0.2, -0.15) is 0 Å². The Labute approximate surface area is 103 Å². The van der Waals surface area contributed by atoms with Crippen molar-refractivity contribution in [1.29, 1.82) is 0 Å². The van der Waals surface area contributed by atoms with Crippen LogP contribution in [0.4, 0.5) is 4.79 Å². The molecule has 0 aliphatic heterocycles. The third-order valence-corrected chi connectivity index (χ3v) is 2.65. The normalized spacial score (nSPS) is 25.4. The summed E-state index contributed by atoms with van der Waals surface area (Å²) < 4.78 is 10.6. The highest BCUT2D eigenvalue weighted by Gasteiger charge is 2.20. The van der Waals surface area contributed by atoms with Crippen molar-refractivity contribution < 1.29 is 14.3 Å². The van der Waals surface area contributed by atoms with E-state index in [0.29, 0.717) is 6.04 Å². The van der Waals surface area contributed by atoms with Gasteiger partial charge in [0.1, 0.15) is 12.3 Å². The molecule has 0 saturated heterocycles. The minimum atomic E-state index is -0.471. The van der Waals surface area contributed by atoms with Crippen LogP contribution in [-0.4, -0.2) is 30.6 Å². The number of ether oxygens (including phenoxy) is 2. The molecule has 5 nitrogen and oxygen atoms in total. The van der Waals surface area contributed by atoms with E-state index in [1.165, 1.54) is 0 Å². The van der Waals surface area contributed by atoms with Crippen molar-refractivity contribution in [3.8, 4) is 0 Å². The summed E-state index contributed by atoms with van der Waals surface area (Å²) in [6.07, 6.45) is 3.71. The molecule has 0 bridgehead atoms. The van der Waals surface area contributed by atoms with Crippen LogP contribution in [0.1, 0.15) is 46.5 Å². The fraction of sp³-hybridized carbons (Fsp3) is 0.917. The Morgan fingerprint density at radius 3 is 2.41 bits per heavy atom. The first-order valence-corrected chi connectivity index (χ1v) is 6.21. The van der Waals surface area contributed by atoms with Crippen LogP contribution in [0.3, 0.4) is 0 Å². The summed E-state index contributed by atoms with van der Waals surface area (Å²) in [4.78, 5) is 11.3. The van der Waals surface area contributed by atoms with Crippen LogP contribution >= 0.6 is 0 Å². The highest BCUT2D eigenvalue weighted by molar-refractivity contribution is 5.67. The Morgan fingerprint density at radius 1 is 1.29 bits per heavy atom. The van der Waals surface area contributed by atoms with Crippen molar-refractivity contribution in [2.45, 2.75) is 64.2 Å². The lowest BCUT2D eigenvalue weighted by molar-refractivity contribution is 0.00294. The van der Waals surface area contributed by atoms with E-state index >= 15 is 0 Å². The molecule has 3 N–H and O–H groups in total. The first-order valence-electron chi connectivity index (χ1n) is 6.21. The summed E-state index contributed by atoms with van der Waals surface area (Å²) in [6.45, 7) is 5.69. The number of carbonyl (C=O) groups excluding carboxylic acids is 1. The molecule has 1 fully saturated rings. The van der Waals surface area contributed by atoms with Crippen LogP contribution in [0, 0.1) is 0 Å². The predicted octanol–water partition coefficient (Wildman–Crippen LogP) is 1.76. The number of nitrogens with two attached hydrogens (primary N) is 1. The average molecular weight is 244 g/mol. The zero-order chi connectivity index (χ0) is 12.9. The summed E-state index contributed by atoms with van der Waals surface area (Å²) in [5, 5.41) is 2.58. The number of hydrogen-bond acceptors (Lipinski definition) is 4. The smallest absolute Gasteiger partial charge is 0.409 e. The molecule has 1 aliphatic carbocycles. The Hall–Kier alpha value is -0.810. The lowest BCUT2D eigenvalue weighted by atomic mass is 9.94. The summed E-state index contributed by atoms with van der Waals surface area (Å²) in [7, 11) is 0. The molecule has 5 heteroatoms. The van der Waals surface area contributed by atoms with E-state index in [2.05, 4.69) is 5.32 Å². The minimum absolute atomic E-state index is 0.203. The van der Waals surface area contributed by atoms with Gasteiger partial charge >= 0.3 is 6.09 Å². The van der Waals surface area contributed by atoms with E-state index in [9.17, 15) is 4.79 Å². The van der Waals surface area contributed by atoms with Crippen molar-refractivity contribution in [2.75, 3.05) is 6.73 Å². The molecule has 1 saturated carbocycles. The summed E-state index contributed by atoms with van der Waals surface area (Å²) in [5.41, 5.74) is 5.33. The molecule has 1 aliphatic rings. The number of amides is 1. The zero-order valence-corrected chi connectivity index (χ0v) is 11.0. The maximum atomic E-state index is 11.3. The molecule has 1 amide bonds. The van der Waals surface area contributed by atoms with Crippen molar-refractivity contribution >= 4 is 6.09 Å². The Balaban J connectivity index is 2.09. The Morgan fingerprint density at radius 2 is 1.88 bits per heavy atom. The van der Waals surface area contributed by atoms with Crippen molar-refractivity contribution in [2.24, 2.45) is 5.73 Å². The van der Waals surface area contributed by atoms with Gasteiger partial charge in [0.2, 0.25) is 0 Å². The summed E-state index contributed by atoms with van der Waals surface area (Å²) >= 11 is 0. The third-order valence-electron chi connectivity index (χ3n) is 2.65. The topological polar surface area (TPSA) is 73.6 Å². The monoisotopic (exact) mass is 244 g/mol. The van der Waals surface area contributed by atoms with Gasteiger partial charge in [0.15, 0.2) is 0 Å². The second-order valence-corrected chi connectivity index (χ2v) is 5.53. The maximum Gasteiger partial charge on any atom is 0.409 e. The number of alkyl carbamates (subject to hydrolysis) is 1. The molecule has 0 heterocycles. The van der Waals surface area contributed by atoms with Gasteiger partial charge in [0, 0.05) is 6.04 Å². The Kier molecular flexibility index (Phi) is 5.21. The Bertz CT molecular complexity index is 243. The van der Waals surface area contributed by atoms with Crippen molar-refractivity contribution in [1.82, 2.24) is 5.32 Å². The highest BCUT2D eigenvalue weighted by atomic mass is 16.6.